The van der Waals surface area contributed by atoms with Crippen LogP contribution < -0.4 is 0 Å². The Morgan fingerprint density at radius 2 is 2.27 bits per heavy atom. The van der Waals surface area contributed by atoms with Gasteiger partial charge in [0.2, 0.25) is 0 Å². The van der Waals surface area contributed by atoms with Gasteiger partial charge in [0, 0.05) is 18.8 Å². The van der Waals surface area contributed by atoms with E-state index in [1.807, 2.05) is 0 Å². The lowest BCUT2D eigenvalue weighted by Crippen LogP contribution is -2.22. The zero-order valence-electron chi connectivity index (χ0n) is 9.80. The Morgan fingerprint density at radius 1 is 1.47 bits per heavy atom. The van der Waals surface area contributed by atoms with Crippen molar-refractivity contribution in [1.82, 2.24) is 0 Å². The first-order valence-corrected chi connectivity index (χ1v) is 6.24. The normalized spacial score (nSPS) is 25.9. The van der Waals surface area contributed by atoms with Crippen LogP contribution >= 0.6 is 0 Å². The van der Waals surface area contributed by atoms with Gasteiger partial charge in [-0.25, -0.2) is 0 Å². The molecule has 0 aromatic rings. The molecule has 0 spiro atoms. The van der Waals surface area contributed by atoms with E-state index < -0.39 is 0 Å². The van der Waals surface area contributed by atoms with Crippen molar-refractivity contribution in [2.45, 2.75) is 58.3 Å². The second-order valence-electron chi connectivity index (χ2n) is 4.66. The van der Waals surface area contributed by atoms with E-state index in [-0.39, 0.29) is 0 Å². The Balaban J connectivity index is 2.29. The third kappa shape index (κ3) is 4.08. The Kier molecular flexibility index (Phi) is 5.47. The molecule has 1 aliphatic carbocycles. The third-order valence-corrected chi connectivity index (χ3v) is 3.56. The summed E-state index contributed by atoms with van der Waals surface area (Å²) >= 11 is 0. The van der Waals surface area contributed by atoms with E-state index >= 15 is 0 Å². The molecular formula is C14H22O. The molecule has 0 aliphatic heterocycles. The fourth-order valence-electron chi connectivity index (χ4n) is 2.52. The largest absolute Gasteiger partial charge is 0.299 e. The van der Waals surface area contributed by atoms with Crippen LogP contribution in [0.15, 0.2) is 0 Å². The van der Waals surface area contributed by atoms with Crippen LogP contribution in [0.4, 0.5) is 0 Å². The maximum absolute atomic E-state index is 11.9. The van der Waals surface area contributed by atoms with Crippen molar-refractivity contribution >= 4 is 5.78 Å². The zero-order valence-corrected chi connectivity index (χ0v) is 9.80. The summed E-state index contributed by atoms with van der Waals surface area (Å²) in [4.78, 5) is 11.9. The van der Waals surface area contributed by atoms with Gasteiger partial charge < -0.3 is 0 Å². The summed E-state index contributed by atoms with van der Waals surface area (Å²) in [6, 6.07) is 0. The van der Waals surface area contributed by atoms with Crippen LogP contribution in [0, 0.1) is 24.2 Å². The van der Waals surface area contributed by atoms with Gasteiger partial charge in [-0.05, 0) is 25.2 Å². The minimum Gasteiger partial charge on any atom is -0.299 e. The highest BCUT2D eigenvalue weighted by Crippen LogP contribution is 2.32. The maximum atomic E-state index is 11.9. The highest BCUT2D eigenvalue weighted by molar-refractivity contribution is 5.81. The first-order chi connectivity index (χ1) is 7.27. The smallest absolute Gasteiger partial charge is 0.136 e. The molecule has 0 aromatic heterocycles. The summed E-state index contributed by atoms with van der Waals surface area (Å²) in [6.07, 6.45) is 13.5. The fourth-order valence-corrected chi connectivity index (χ4v) is 2.52. The molecule has 2 unspecified atom stereocenters. The highest BCUT2D eigenvalue weighted by atomic mass is 16.1. The summed E-state index contributed by atoms with van der Waals surface area (Å²) in [5.41, 5.74) is 0. The van der Waals surface area contributed by atoms with Crippen molar-refractivity contribution in [3.05, 3.63) is 0 Å². The van der Waals surface area contributed by atoms with Crippen molar-refractivity contribution < 1.29 is 4.79 Å². The number of Topliss-reactive ketones (excluding diaryl/α,β-unsaturated/α-hetero) is 1. The van der Waals surface area contributed by atoms with Crippen molar-refractivity contribution in [1.29, 1.82) is 0 Å². The second-order valence-corrected chi connectivity index (χ2v) is 4.66. The van der Waals surface area contributed by atoms with Gasteiger partial charge in [0.05, 0.1) is 0 Å². The highest BCUT2D eigenvalue weighted by Gasteiger charge is 2.25. The molecule has 15 heavy (non-hydrogen) atoms. The third-order valence-electron chi connectivity index (χ3n) is 3.56. The van der Waals surface area contributed by atoms with Gasteiger partial charge in [0.1, 0.15) is 5.78 Å². The molecule has 2 atom stereocenters. The predicted octanol–water partition coefficient (Wildman–Crippen LogP) is 3.58. The van der Waals surface area contributed by atoms with E-state index in [2.05, 4.69) is 12.8 Å². The van der Waals surface area contributed by atoms with E-state index in [1.54, 1.807) is 0 Å². The number of hydrogen-bond acceptors (Lipinski definition) is 1. The number of terminal acetylenes is 1. The summed E-state index contributed by atoms with van der Waals surface area (Å²) in [5.74, 6) is 4.20. The molecule has 1 fully saturated rings. The number of unbranched alkanes of at least 4 members (excludes halogenated alkanes) is 1. The number of hydrogen-bond donors (Lipinski definition) is 0. The number of carbonyl (C=O) groups is 1. The lowest BCUT2D eigenvalue weighted by Gasteiger charge is -2.27. The Hall–Kier alpha value is -0.770. The first kappa shape index (κ1) is 12.3. The molecule has 0 amide bonds. The van der Waals surface area contributed by atoms with Gasteiger partial charge in [0.15, 0.2) is 0 Å². The molecule has 1 heteroatoms. The molecule has 1 aliphatic rings. The molecule has 0 saturated heterocycles. The summed E-state index contributed by atoms with van der Waals surface area (Å²) in [5, 5.41) is 0. The van der Waals surface area contributed by atoms with Crippen LogP contribution in [0.3, 0.4) is 0 Å². The van der Waals surface area contributed by atoms with Crippen molar-refractivity contribution in [2.75, 3.05) is 0 Å². The second kappa shape index (κ2) is 6.67. The molecule has 0 aromatic carbocycles. The number of ketones is 1. The standard InChI is InChI=1S/C14H22O/c1-3-5-6-10-14(15)13-9-7-8-12(4-2)11-13/h1,12-13H,4-11H2,2H3. The van der Waals surface area contributed by atoms with E-state index in [4.69, 9.17) is 6.42 Å². The molecule has 1 nitrogen and oxygen atoms in total. The molecule has 1 rings (SSSR count). The molecule has 0 N–H and O–H groups in total. The SMILES string of the molecule is C#CCCCC(=O)C1CCCC(CC)C1. The summed E-state index contributed by atoms with van der Waals surface area (Å²) < 4.78 is 0. The molecule has 0 heterocycles. The van der Waals surface area contributed by atoms with Crippen LogP contribution in [-0.4, -0.2) is 5.78 Å². The monoisotopic (exact) mass is 206 g/mol. The molecule has 0 bridgehead atoms. The quantitative estimate of drug-likeness (QED) is 0.496. The Labute approximate surface area is 93.6 Å². The minimum atomic E-state index is 0.349. The van der Waals surface area contributed by atoms with Gasteiger partial charge in [-0.15, -0.1) is 12.3 Å². The van der Waals surface area contributed by atoms with Gasteiger partial charge in [-0.3, -0.25) is 4.79 Å². The van der Waals surface area contributed by atoms with E-state index in [0.717, 1.165) is 31.6 Å². The van der Waals surface area contributed by atoms with E-state index in [1.165, 1.54) is 19.3 Å². The lowest BCUT2D eigenvalue weighted by atomic mass is 9.77. The lowest BCUT2D eigenvalue weighted by molar-refractivity contribution is -0.124. The van der Waals surface area contributed by atoms with Crippen molar-refractivity contribution in [2.24, 2.45) is 11.8 Å². The molecular weight excluding hydrogens is 184 g/mol. The zero-order chi connectivity index (χ0) is 11.1. The van der Waals surface area contributed by atoms with Gasteiger partial charge in [-0.1, -0.05) is 26.2 Å². The molecule has 0 radical (unpaired) electrons. The van der Waals surface area contributed by atoms with Crippen LogP contribution in [0.5, 0.6) is 0 Å². The average Bonchev–Trinajstić information content (AvgIpc) is 2.29. The van der Waals surface area contributed by atoms with Crippen LogP contribution in [0.2, 0.25) is 0 Å². The fraction of sp³-hybridized carbons (Fsp3) is 0.786. The van der Waals surface area contributed by atoms with Crippen LogP contribution in [0.25, 0.3) is 0 Å². The van der Waals surface area contributed by atoms with E-state index in [0.29, 0.717) is 18.1 Å². The maximum Gasteiger partial charge on any atom is 0.136 e. The predicted molar refractivity (Wildman–Crippen MR) is 63.4 cm³/mol. The minimum absolute atomic E-state index is 0.349. The van der Waals surface area contributed by atoms with Crippen molar-refractivity contribution in [3.63, 3.8) is 0 Å². The van der Waals surface area contributed by atoms with Gasteiger partial charge >= 0.3 is 0 Å². The first-order valence-electron chi connectivity index (χ1n) is 6.24. The topological polar surface area (TPSA) is 17.1 Å². The molecule has 84 valence electrons. The Bertz CT molecular complexity index is 236. The number of rotatable bonds is 5. The molecule has 1 saturated carbocycles. The Morgan fingerprint density at radius 3 is 2.93 bits per heavy atom. The van der Waals surface area contributed by atoms with Gasteiger partial charge in [0.25, 0.3) is 0 Å². The summed E-state index contributed by atoms with van der Waals surface area (Å²) in [6.45, 7) is 2.23. The number of carbonyl (C=O) groups excluding carboxylic acids is 1. The van der Waals surface area contributed by atoms with Crippen molar-refractivity contribution in [3.8, 4) is 12.3 Å². The van der Waals surface area contributed by atoms with Crippen LogP contribution in [-0.2, 0) is 4.79 Å². The van der Waals surface area contributed by atoms with Crippen LogP contribution in [0.1, 0.15) is 58.3 Å². The van der Waals surface area contributed by atoms with Gasteiger partial charge in [-0.2, -0.15) is 0 Å². The average molecular weight is 206 g/mol. The summed E-state index contributed by atoms with van der Waals surface area (Å²) in [7, 11) is 0. The van der Waals surface area contributed by atoms with E-state index in [9.17, 15) is 4.79 Å².